The lowest BCUT2D eigenvalue weighted by atomic mass is 9.70. The number of carbonyl (C=O) groups is 1. The summed E-state index contributed by atoms with van der Waals surface area (Å²) >= 11 is 1.38. The van der Waals surface area contributed by atoms with E-state index in [4.69, 9.17) is 10.5 Å². The van der Waals surface area contributed by atoms with Crippen LogP contribution in [0.5, 0.6) is 5.75 Å². The largest absolute Gasteiger partial charge is 0.492 e. The van der Waals surface area contributed by atoms with E-state index in [1.165, 1.54) is 37.5 Å². The first-order valence-electron chi connectivity index (χ1n) is 6.18. The van der Waals surface area contributed by atoms with Crippen LogP contribution in [0.25, 0.3) is 0 Å². The molecular weight excluding hydrogens is 248 g/mol. The van der Waals surface area contributed by atoms with Crippen molar-refractivity contribution in [2.45, 2.75) is 33.1 Å². The van der Waals surface area contributed by atoms with E-state index < -0.39 is 0 Å². The molecule has 1 aliphatic carbocycles. The molecule has 1 aromatic heterocycles. The van der Waals surface area contributed by atoms with Crippen LogP contribution in [0, 0.1) is 5.41 Å². The molecule has 2 rings (SSSR count). The third-order valence-electron chi connectivity index (χ3n) is 3.66. The molecule has 0 aliphatic heterocycles. The highest BCUT2D eigenvalue weighted by Crippen LogP contribution is 2.45. The molecule has 1 heterocycles. The van der Waals surface area contributed by atoms with Crippen LogP contribution in [0.3, 0.4) is 0 Å². The van der Waals surface area contributed by atoms with Gasteiger partial charge in [-0.3, -0.25) is 4.79 Å². The first-order chi connectivity index (χ1) is 8.47. The van der Waals surface area contributed by atoms with E-state index in [1.54, 1.807) is 7.11 Å². The predicted molar refractivity (Wildman–Crippen MR) is 75.7 cm³/mol. The summed E-state index contributed by atoms with van der Waals surface area (Å²) in [6.45, 7) is 4.71. The Bertz CT molecular complexity index is 464. The summed E-state index contributed by atoms with van der Waals surface area (Å²) < 4.78 is 5.29. The number of thiophene rings is 1. The molecule has 0 spiro atoms. The fourth-order valence-electron chi connectivity index (χ4n) is 2.26. The third kappa shape index (κ3) is 2.32. The number of rotatable bonds is 5. The number of anilines is 2. The molecule has 0 saturated heterocycles. The van der Waals surface area contributed by atoms with Gasteiger partial charge in [-0.15, -0.1) is 11.3 Å². The van der Waals surface area contributed by atoms with Gasteiger partial charge in [-0.05, 0) is 18.3 Å². The van der Waals surface area contributed by atoms with Crippen molar-refractivity contribution in [3.05, 3.63) is 4.88 Å². The zero-order chi connectivity index (χ0) is 13.3. The highest BCUT2D eigenvalue weighted by molar-refractivity contribution is 7.19. The number of nitrogens with two attached hydrogens (primary N) is 1. The van der Waals surface area contributed by atoms with Gasteiger partial charge in [0.1, 0.15) is 5.00 Å². The van der Waals surface area contributed by atoms with Gasteiger partial charge in [0.05, 0.1) is 17.7 Å². The van der Waals surface area contributed by atoms with Gasteiger partial charge in [0.15, 0.2) is 11.5 Å². The highest BCUT2D eigenvalue weighted by atomic mass is 32.1. The molecule has 4 nitrogen and oxygen atoms in total. The lowest BCUT2D eigenvalue weighted by Gasteiger charge is -2.38. The maximum Gasteiger partial charge on any atom is 0.176 e. The molecule has 18 heavy (non-hydrogen) atoms. The molecule has 0 atom stereocenters. The maximum absolute atomic E-state index is 11.5. The molecule has 100 valence electrons. The Balaban J connectivity index is 2.16. The fraction of sp³-hybridized carbons (Fsp3) is 0.615. The Hall–Kier alpha value is -1.23. The van der Waals surface area contributed by atoms with Gasteiger partial charge in [0.2, 0.25) is 0 Å². The summed E-state index contributed by atoms with van der Waals surface area (Å²) in [5.41, 5.74) is 6.76. The number of Topliss-reactive ketones (excluding diaryl/α,β-unsaturated/α-hetero) is 1. The number of nitrogen functional groups attached to an aromatic ring is 1. The van der Waals surface area contributed by atoms with Gasteiger partial charge < -0.3 is 15.8 Å². The van der Waals surface area contributed by atoms with Crippen LogP contribution in [0.1, 0.15) is 42.8 Å². The van der Waals surface area contributed by atoms with Gasteiger partial charge in [-0.25, -0.2) is 0 Å². The van der Waals surface area contributed by atoms with Crippen molar-refractivity contribution in [2.75, 3.05) is 24.7 Å². The second-order valence-electron chi connectivity index (χ2n) is 5.28. The van der Waals surface area contributed by atoms with E-state index >= 15 is 0 Å². The highest BCUT2D eigenvalue weighted by Gasteiger charge is 2.32. The molecule has 3 N–H and O–H groups in total. The number of ketones is 1. The van der Waals surface area contributed by atoms with Crippen molar-refractivity contribution in [3.8, 4) is 5.75 Å². The van der Waals surface area contributed by atoms with Crippen molar-refractivity contribution >= 4 is 27.8 Å². The van der Waals surface area contributed by atoms with E-state index in [0.717, 1.165) is 11.5 Å². The van der Waals surface area contributed by atoms with Crippen molar-refractivity contribution in [1.29, 1.82) is 0 Å². The minimum Gasteiger partial charge on any atom is -0.492 e. The number of hydrogen-bond donors (Lipinski definition) is 2. The number of carbonyl (C=O) groups excluding carboxylic acids is 1. The zero-order valence-corrected chi connectivity index (χ0v) is 11.9. The van der Waals surface area contributed by atoms with Crippen LogP contribution in [0.15, 0.2) is 0 Å². The summed E-state index contributed by atoms with van der Waals surface area (Å²) in [6.07, 6.45) is 3.81. The summed E-state index contributed by atoms with van der Waals surface area (Å²) in [4.78, 5) is 12.0. The number of hydrogen-bond acceptors (Lipinski definition) is 5. The standard InChI is InChI=1S/C13H20N2O2S/c1-8(16)11-9(14)10(17-3)12(18-11)15-7-13(2)5-4-6-13/h15H,4-7,14H2,1-3H3. The predicted octanol–water partition coefficient (Wildman–Crippen LogP) is 3.14. The normalized spacial score (nSPS) is 17.1. The molecule has 1 aliphatic rings. The van der Waals surface area contributed by atoms with E-state index in [2.05, 4.69) is 12.2 Å². The molecule has 1 aromatic rings. The van der Waals surface area contributed by atoms with Crippen molar-refractivity contribution in [1.82, 2.24) is 0 Å². The van der Waals surface area contributed by atoms with E-state index in [0.29, 0.717) is 21.7 Å². The Morgan fingerprint density at radius 3 is 2.67 bits per heavy atom. The lowest BCUT2D eigenvalue weighted by Crippen LogP contribution is -2.33. The molecule has 0 unspecified atom stereocenters. The van der Waals surface area contributed by atoms with Crippen molar-refractivity contribution < 1.29 is 9.53 Å². The Labute approximate surface area is 112 Å². The van der Waals surface area contributed by atoms with Gasteiger partial charge in [0.25, 0.3) is 0 Å². The monoisotopic (exact) mass is 268 g/mol. The van der Waals surface area contributed by atoms with Gasteiger partial charge in [-0.1, -0.05) is 13.3 Å². The first-order valence-corrected chi connectivity index (χ1v) is 6.99. The quantitative estimate of drug-likeness (QED) is 0.805. The SMILES string of the molecule is COc1c(NCC2(C)CCC2)sc(C(C)=O)c1N. The van der Waals surface area contributed by atoms with Gasteiger partial charge >= 0.3 is 0 Å². The molecule has 1 fully saturated rings. The first kappa shape index (κ1) is 13.2. The third-order valence-corrected chi connectivity index (χ3v) is 4.91. The second-order valence-corrected chi connectivity index (χ2v) is 6.30. The summed E-state index contributed by atoms with van der Waals surface area (Å²) in [5, 5.41) is 4.25. The van der Waals surface area contributed by atoms with Gasteiger partial charge in [-0.2, -0.15) is 0 Å². The summed E-state index contributed by atoms with van der Waals surface area (Å²) in [6, 6.07) is 0. The van der Waals surface area contributed by atoms with Crippen molar-refractivity contribution in [3.63, 3.8) is 0 Å². The van der Waals surface area contributed by atoms with E-state index in [9.17, 15) is 4.79 Å². The van der Waals surface area contributed by atoms with Crippen LogP contribution in [-0.2, 0) is 0 Å². The average Bonchev–Trinajstić information content (AvgIpc) is 2.60. The molecule has 0 aromatic carbocycles. The van der Waals surface area contributed by atoms with Crippen LogP contribution in [0.2, 0.25) is 0 Å². The molecule has 0 radical (unpaired) electrons. The maximum atomic E-state index is 11.5. The Kier molecular flexibility index (Phi) is 3.52. The van der Waals surface area contributed by atoms with Crippen LogP contribution >= 0.6 is 11.3 Å². The summed E-state index contributed by atoms with van der Waals surface area (Å²) in [5.74, 6) is 0.590. The van der Waals surface area contributed by atoms with Gasteiger partial charge in [0, 0.05) is 13.5 Å². The number of nitrogens with one attached hydrogen (secondary N) is 1. The average molecular weight is 268 g/mol. The van der Waals surface area contributed by atoms with Crippen LogP contribution < -0.4 is 15.8 Å². The number of methoxy groups -OCH3 is 1. The lowest BCUT2D eigenvalue weighted by molar-refractivity contribution is 0.102. The minimum atomic E-state index is -0.0151. The Morgan fingerprint density at radius 1 is 1.56 bits per heavy atom. The minimum absolute atomic E-state index is 0.0151. The molecule has 5 heteroatoms. The summed E-state index contributed by atoms with van der Waals surface area (Å²) in [7, 11) is 1.58. The van der Waals surface area contributed by atoms with E-state index in [1.807, 2.05) is 0 Å². The second kappa shape index (κ2) is 4.80. The smallest absolute Gasteiger partial charge is 0.176 e. The van der Waals surface area contributed by atoms with E-state index in [-0.39, 0.29) is 5.78 Å². The number of ether oxygens (including phenoxy) is 1. The molecule has 0 bridgehead atoms. The topological polar surface area (TPSA) is 64.3 Å². The molecule has 0 amide bonds. The molecular formula is C13H20N2O2S. The van der Waals surface area contributed by atoms with Crippen LogP contribution in [-0.4, -0.2) is 19.4 Å². The van der Waals surface area contributed by atoms with Crippen molar-refractivity contribution in [2.24, 2.45) is 5.41 Å². The fourth-order valence-corrected chi connectivity index (χ4v) is 3.24. The zero-order valence-electron chi connectivity index (χ0n) is 11.1. The Morgan fingerprint density at radius 2 is 2.22 bits per heavy atom. The molecule has 1 saturated carbocycles. The van der Waals surface area contributed by atoms with Crippen LogP contribution in [0.4, 0.5) is 10.7 Å².